The number of nitrogens with zero attached hydrogens (tertiary/aromatic N) is 2. The molecule has 0 spiro atoms. The Morgan fingerprint density at radius 3 is 2.53 bits per heavy atom. The van der Waals surface area contributed by atoms with Gasteiger partial charge in [0.05, 0.1) is 23.2 Å². The molecule has 1 atom stereocenters. The van der Waals surface area contributed by atoms with Crippen LogP contribution < -0.4 is 14.8 Å². The van der Waals surface area contributed by atoms with Crippen LogP contribution in [0.2, 0.25) is 0 Å². The summed E-state index contributed by atoms with van der Waals surface area (Å²) in [5.74, 6) is 0.336. The first-order valence-electron chi connectivity index (χ1n) is 10.8. The van der Waals surface area contributed by atoms with E-state index >= 15 is 0 Å². The first-order valence-corrected chi connectivity index (χ1v) is 10.8. The fourth-order valence-corrected chi connectivity index (χ4v) is 4.42. The average molecular weight is 441 g/mol. The van der Waals surface area contributed by atoms with Crippen molar-refractivity contribution in [3.63, 3.8) is 0 Å². The van der Waals surface area contributed by atoms with Gasteiger partial charge >= 0.3 is 0 Å². The monoisotopic (exact) mass is 441 g/mol. The molecule has 1 heterocycles. The van der Waals surface area contributed by atoms with Gasteiger partial charge in [-0.25, -0.2) is 0 Å². The summed E-state index contributed by atoms with van der Waals surface area (Å²) >= 11 is 0. The third kappa shape index (κ3) is 4.84. The molecule has 0 saturated heterocycles. The zero-order chi connectivity index (χ0) is 22.5. The predicted octanol–water partition coefficient (Wildman–Crippen LogP) is 2.92. The summed E-state index contributed by atoms with van der Waals surface area (Å²) in [6, 6.07) is 11.4. The van der Waals surface area contributed by atoms with Gasteiger partial charge in [-0.05, 0) is 24.5 Å². The van der Waals surface area contributed by atoms with E-state index in [1.807, 2.05) is 30.3 Å². The minimum absolute atomic E-state index is 0.0285. The van der Waals surface area contributed by atoms with Crippen LogP contribution in [-0.4, -0.2) is 46.8 Å². The topological polar surface area (TPSA) is 114 Å². The number of benzene rings is 2. The van der Waals surface area contributed by atoms with Gasteiger partial charge in [-0.1, -0.05) is 43.2 Å². The first-order chi connectivity index (χ1) is 15.6. The molecule has 2 N–H and O–H groups in total. The predicted molar refractivity (Wildman–Crippen MR) is 116 cm³/mol. The van der Waals surface area contributed by atoms with E-state index in [1.54, 1.807) is 4.90 Å². The number of carbonyl (C=O) groups is 1. The molecular weight excluding hydrogens is 414 g/mol. The van der Waals surface area contributed by atoms with Crippen LogP contribution in [0.4, 0.5) is 5.69 Å². The van der Waals surface area contributed by atoms with Crippen LogP contribution in [0.1, 0.15) is 42.9 Å². The van der Waals surface area contributed by atoms with Crippen LogP contribution in [0.3, 0.4) is 0 Å². The molecule has 1 fully saturated rings. The number of ether oxygens (including phenoxy) is 2. The van der Waals surface area contributed by atoms with Crippen LogP contribution in [0.25, 0.3) is 0 Å². The third-order valence-corrected chi connectivity index (χ3v) is 5.94. The molecule has 2 aromatic carbocycles. The summed E-state index contributed by atoms with van der Waals surface area (Å²) in [6.07, 6.45) is 3.87. The SMILES string of the molecule is O=C(NC1CCCC1)[C@H](c1cc2c(cc1[N+](=O)[O-])OCO2)N(CCO)Cc1ccccc1. The van der Waals surface area contributed by atoms with Gasteiger partial charge in [0.25, 0.3) is 5.69 Å². The van der Waals surface area contributed by atoms with Gasteiger partial charge in [-0.15, -0.1) is 0 Å². The second-order valence-electron chi connectivity index (χ2n) is 8.09. The lowest BCUT2D eigenvalue weighted by Gasteiger charge is -2.31. The molecule has 1 saturated carbocycles. The summed E-state index contributed by atoms with van der Waals surface area (Å²) in [6.45, 7) is 0.288. The number of nitro groups is 1. The van der Waals surface area contributed by atoms with Gasteiger partial charge in [0.1, 0.15) is 6.04 Å². The Labute approximate surface area is 186 Å². The molecule has 0 aromatic heterocycles. The smallest absolute Gasteiger partial charge is 0.278 e. The molecule has 2 aromatic rings. The summed E-state index contributed by atoms with van der Waals surface area (Å²) in [5.41, 5.74) is 0.943. The minimum Gasteiger partial charge on any atom is -0.454 e. The number of nitrogens with one attached hydrogen (secondary N) is 1. The van der Waals surface area contributed by atoms with Gasteiger partial charge in [0.15, 0.2) is 11.5 Å². The molecule has 2 aliphatic rings. The van der Waals surface area contributed by atoms with Crippen LogP contribution >= 0.6 is 0 Å². The molecule has 0 radical (unpaired) electrons. The van der Waals surface area contributed by atoms with Crippen molar-refractivity contribution in [3.05, 3.63) is 63.7 Å². The molecule has 170 valence electrons. The summed E-state index contributed by atoms with van der Waals surface area (Å²) in [5, 5.41) is 24.8. The fraction of sp³-hybridized carbons (Fsp3) is 0.435. The average Bonchev–Trinajstić information content (AvgIpc) is 3.45. The van der Waals surface area contributed by atoms with Gasteiger partial charge in [0.2, 0.25) is 12.7 Å². The maximum Gasteiger partial charge on any atom is 0.278 e. The Morgan fingerprint density at radius 1 is 1.19 bits per heavy atom. The van der Waals surface area contributed by atoms with Crippen molar-refractivity contribution in [1.29, 1.82) is 0 Å². The Morgan fingerprint density at radius 2 is 1.88 bits per heavy atom. The first kappa shape index (κ1) is 22.0. The number of aliphatic hydroxyl groups is 1. The van der Waals surface area contributed by atoms with Crippen molar-refractivity contribution >= 4 is 11.6 Å². The summed E-state index contributed by atoms with van der Waals surface area (Å²) in [7, 11) is 0. The fourth-order valence-electron chi connectivity index (χ4n) is 4.42. The van der Waals surface area contributed by atoms with E-state index in [0.29, 0.717) is 12.3 Å². The number of fused-ring (bicyclic) bond motifs is 1. The van der Waals surface area contributed by atoms with Gasteiger partial charge in [-0.2, -0.15) is 0 Å². The van der Waals surface area contributed by atoms with E-state index < -0.39 is 11.0 Å². The van der Waals surface area contributed by atoms with Crippen molar-refractivity contribution in [3.8, 4) is 11.5 Å². The lowest BCUT2D eigenvalue weighted by Crippen LogP contribution is -2.44. The Bertz CT molecular complexity index is 962. The number of nitro benzene ring substituents is 1. The molecule has 4 rings (SSSR count). The highest BCUT2D eigenvalue weighted by Crippen LogP contribution is 2.42. The van der Waals surface area contributed by atoms with Crippen molar-refractivity contribution in [2.45, 2.75) is 44.3 Å². The lowest BCUT2D eigenvalue weighted by atomic mass is 9.99. The number of rotatable bonds is 9. The van der Waals surface area contributed by atoms with E-state index in [2.05, 4.69) is 5.32 Å². The summed E-state index contributed by atoms with van der Waals surface area (Å²) < 4.78 is 10.8. The van der Waals surface area contributed by atoms with Gasteiger partial charge in [0, 0.05) is 19.1 Å². The number of hydrogen-bond donors (Lipinski definition) is 2. The second-order valence-corrected chi connectivity index (χ2v) is 8.09. The van der Waals surface area contributed by atoms with Gasteiger partial charge in [-0.3, -0.25) is 19.8 Å². The third-order valence-electron chi connectivity index (χ3n) is 5.94. The van der Waals surface area contributed by atoms with Crippen molar-refractivity contribution in [2.75, 3.05) is 19.9 Å². The van der Waals surface area contributed by atoms with E-state index in [-0.39, 0.29) is 48.9 Å². The highest BCUT2D eigenvalue weighted by molar-refractivity contribution is 5.85. The van der Waals surface area contributed by atoms with E-state index in [1.165, 1.54) is 12.1 Å². The molecule has 1 aliphatic heterocycles. The molecule has 32 heavy (non-hydrogen) atoms. The molecule has 1 aliphatic carbocycles. The van der Waals surface area contributed by atoms with Crippen molar-refractivity contribution in [2.24, 2.45) is 0 Å². The van der Waals surface area contributed by atoms with E-state index in [9.17, 15) is 20.0 Å². The molecule has 1 amide bonds. The van der Waals surface area contributed by atoms with E-state index in [0.717, 1.165) is 31.2 Å². The zero-order valence-electron chi connectivity index (χ0n) is 17.7. The summed E-state index contributed by atoms with van der Waals surface area (Å²) in [4.78, 5) is 26.8. The molecule has 0 unspecified atom stereocenters. The quantitative estimate of drug-likeness (QED) is 0.454. The van der Waals surface area contributed by atoms with Crippen molar-refractivity contribution in [1.82, 2.24) is 10.2 Å². The highest BCUT2D eigenvalue weighted by atomic mass is 16.7. The van der Waals surface area contributed by atoms with E-state index in [4.69, 9.17) is 9.47 Å². The molecule has 9 heteroatoms. The van der Waals surface area contributed by atoms with Crippen LogP contribution in [0.15, 0.2) is 42.5 Å². The number of carbonyl (C=O) groups excluding carboxylic acids is 1. The van der Waals surface area contributed by atoms with Crippen LogP contribution in [0.5, 0.6) is 11.5 Å². The van der Waals surface area contributed by atoms with Gasteiger partial charge < -0.3 is 19.9 Å². The second kappa shape index (κ2) is 9.97. The maximum atomic E-state index is 13.6. The van der Waals surface area contributed by atoms with Crippen LogP contribution in [0, 0.1) is 10.1 Å². The zero-order valence-corrected chi connectivity index (χ0v) is 17.7. The lowest BCUT2D eigenvalue weighted by molar-refractivity contribution is -0.386. The largest absolute Gasteiger partial charge is 0.454 e. The number of hydrogen-bond acceptors (Lipinski definition) is 7. The Hall–Kier alpha value is -3.17. The Balaban J connectivity index is 1.76. The number of amides is 1. The molecular formula is C23H27N3O6. The molecule has 0 bridgehead atoms. The van der Waals surface area contributed by atoms with Crippen LogP contribution in [-0.2, 0) is 11.3 Å². The highest BCUT2D eigenvalue weighted by Gasteiger charge is 2.36. The number of aliphatic hydroxyl groups excluding tert-OH is 1. The standard InChI is InChI=1S/C23H27N3O6/c27-11-10-25(14-16-6-2-1-3-7-16)22(23(28)24-17-8-4-5-9-17)18-12-20-21(32-15-31-20)13-19(18)26(29)30/h1-3,6-7,12-13,17,22,27H,4-5,8-11,14-15H2,(H,24,28)/t22-/m0/s1. The minimum atomic E-state index is -0.974. The maximum absolute atomic E-state index is 13.6. The normalized spacial score (nSPS) is 16.3. The van der Waals surface area contributed by atoms with Crippen molar-refractivity contribution < 1.29 is 24.3 Å². The molecule has 9 nitrogen and oxygen atoms in total. The Kier molecular flexibility index (Phi) is 6.87.